The van der Waals surface area contributed by atoms with E-state index in [0.717, 1.165) is 16.8 Å². The molecular weight excluding hydrogens is 348 g/mol. The van der Waals surface area contributed by atoms with Gasteiger partial charge in [0.25, 0.3) is 0 Å². The first-order valence-corrected chi connectivity index (χ1v) is 8.79. The van der Waals surface area contributed by atoms with E-state index in [1.54, 1.807) is 26.4 Å². The van der Waals surface area contributed by atoms with E-state index < -0.39 is 0 Å². The average molecular weight is 366 g/mol. The molecule has 0 saturated heterocycles. The Labute approximate surface area is 155 Å². The Kier molecular flexibility index (Phi) is 5.66. The summed E-state index contributed by atoms with van der Waals surface area (Å²) >= 11 is 1.39. The van der Waals surface area contributed by atoms with Gasteiger partial charge in [0.15, 0.2) is 5.13 Å². The Balaban J connectivity index is 1.68. The molecule has 2 aromatic carbocycles. The van der Waals surface area contributed by atoms with Crippen LogP contribution in [-0.2, 0) is 4.79 Å². The highest BCUT2D eigenvalue weighted by Gasteiger charge is 2.07. The first-order valence-electron chi connectivity index (χ1n) is 7.91. The Morgan fingerprint density at radius 3 is 2.65 bits per heavy atom. The van der Waals surface area contributed by atoms with Crippen molar-refractivity contribution in [2.45, 2.75) is 0 Å². The predicted octanol–water partition coefficient (Wildman–Crippen LogP) is 4.48. The minimum Gasteiger partial charge on any atom is -0.497 e. The normalized spacial score (nSPS) is 10.7. The number of hydrogen-bond acceptors (Lipinski definition) is 5. The summed E-state index contributed by atoms with van der Waals surface area (Å²) in [4.78, 5) is 16.6. The molecule has 5 nitrogen and oxygen atoms in total. The Hall–Kier alpha value is -3.12. The number of nitrogens with one attached hydrogen (secondary N) is 1. The minimum absolute atomic E-state index is 0.253. The molecule has 1 aromatic heterocycles. The summed E-state index contributed by atoms with van der Waals surface area (Å²) in [6, 6.07) is 15.2. The lowest BCUT2D eigenvalue weighted by atomic mass is 10.1. The van der Waals surface area contributed by atoms with Gasteiger partial charge in [-0.15, -0.1) is 11.3 Å². The van der Waals surface area contributed by atoms with Crippen LogP contribution in [0.2, 0.25) is 0 Å². The largest absolute Gasteiger partial charge is 0.497 e. The number of anilines is 1. The fourth-order valence-corrected chi connectivity index (χ4v) is 3.06. The van der Waals surface area contributed by atoms with Crippen LogP contribution in [-0.4, -0.2) is 25.1 Å². The summed E-state index contributed by atoms with van der Waals surface area (Å²) < 4.78 is 10.5. The Morgan fingerprint density at radius 2 is 1.92 bits per heavy atom. The molecule has 3 rings (SSSR count). The average Bonchev–Trinajstić information content (AvgIpc) is 3.15. The molecule has 0 spiro atoms. The van der Waals surface area contributed by atoms with E-state index in [0.29, 0.717) is 16.6 Å². The molecule has 0 fully saturated rings. The molecule has 0 bridgehead atoms. The molecule has 0 unspecified atom stereocenters. The van der Waals surface area contributed by atoms with Crippen molar-refractivity contribution in [1.29, 1.82) is 0 Å². The van der Waals surface area contributed by atoms with Crippen molar-refractivity contribution < 1.29 is 14.3 Å². The predicted molar refractivity (Wildman–Crippen MR) is 105 cm³/mol. The summed E-state index contributed by atoms with van der Waals surface area (Å²) in [6.45, 7) is 0. The number of carbonyl (C=O) groups excluding carboxylic acids is 1. The number of amides is 1. The maximum absolute atomic E-state index is 12.2. The molecule has 6 heteroatoms. The van der Waals surface area contributed by atoms with E-state index in [2.05, 4.69) is 10.3 Å². The summed E-state index contributed by atoms with van der Waals surface area (Å²) in [5, 5.41) is 5.25. The van der Waals surface area contributed by atoms with E-state index in [-0.39, 0.29) is 5.91 Å². The lowest BCUT2D eigenvalue weighted by Crippen LogP contribution is -2.07. The highest BCUT2D eigenvalue weighted by Crippen LogP contribution is 2.26. The van der Waals surface area contributed by atoms with Gasteiger partial charge in [-0.1, -0.05) is 30.3 Å². The van der Waals surface area contributed by atoms with Gasteiger partial charge in [-0.2, -0.15) is 0 Å². The molecular formula is C20H18N2O3S. The van der Waals surface area contributed by atoms with Gasteiger partial charge in [-0.25, -0.2) is 4.98 Å². The van der Waals surface area contributed by atoms with Crippen LogP contribution in [0.15, 0.2) is 60.0 Å². The highest BCUT2D eigenvalue weighted by atomic mass is 32.1. The molecule has 1 amide bonds. The van der Waals surface area contributed by atoms with Crippen molar-refractivity contribution >= 4 is 28.5 Å². The number of aromatic nitrogens is 1. The SMILES string of the molecule is COc1ccc(C=CC(=O)Nc2nc(-c3ccccc3)cs2)c(OC)c1. The van der Waals surface area contributed by atoms with E-state index >= 15 is 0 Å². The maximum Gasteiger partial charge on any atom is 0.250 e. The minimum atomic E-state index is -0.253. The van der Waals surface area contributed by atoms with Crippen LogP contribution in [0, 0.1) is 0 Å². The van der Waals surface area contributed by atoms with Crippen LogP contribution in [0.3, 0.4) is 0 Å². The first-order chi connectivity index (χ1) is 12.7. The number of carbonyl (C=O) groups is 1. The van der Waals surface area contributed by atoms with Crippen LogP contribution in [0.25, 0.3) is 17.3 Å². The molecule has 0 aliphatic heterocycles. The third-order valence-corrected chi connectivity index (χ3v) is 4.42. The molecule has 3 aromatic rings. The molecule has 0 atom stereocenters. The van der Waals surface area contributed by atoms with E-state index in [4.69, 9.17) is 9.47 Å². The number of methoxy groups -OCH3 is 2. The summed E-state index contributed by atoms with van der Waals surface area (Å²) in [5.41, 5.74) is 2.64. The first kappa shape index (κ1) is 17.7. The zero-order valence-corrected chi connectivity index (χ0v) is 15.2. The van der Waals surface area contributed by atoms with Gasteiger partial charge in [0.05, 0.1) is 19.9 Å². The van der Waals surface area contributed by atoms with Crippen molar-refractivity contribution in [3.8, 4) is 22.8 Å². The molecule has 0 saturated carbocycles. The highest BCUT2D eigenvalue weighted by molar-refractivity contribution is 7.14. The van der Waals surface area contributed by atoms with Crippen LogP contribution in [0.1, 0.15) is 5.56 Å². The third-order valence-electron chi connectivity index (χ3n) is 3.66. The fraction of sp³-hybridized carbons (Fsp3) is 0.100. The Morgan fingerprint density at radius 1 is 1.12 bits per heavy atom. The van der Waals surface area contributed by atoms with Gasteiger partial charge in [0, 0.05) is 28.6 Å². The number of nitrogens with zero attached hydrogens (tertiary/aromatic N) is 1. The van der Waals surface area contributed by atoms with Gasteiger partial charge in [0.2, 0.25) is 5.91 Å². The summed E-state index contributed by atoms with van der Waals surface area (Å²) in [7, 11) is 3.17. The zero-order chi connectivity index (χ0) is 18.4. The molecule has 0 aliphatic carbocycles. The molecule has 1 heterocycles. The smallest absolute Gasteiger partial charge is 0.250 e. The van der Waals surface area contributed by atoms with E-state index in [9.17, 15) is 4.79 Å². The second-order valence-electron chi connectivity index (χ2n) is 5.33. The topological polar surface area (TPSA) is 60.5 Å². The van der Waals surface area contributed by atoms with Gasteiger partial charge in [0.1, 0.15) is 11.5 Å². The van der Waals surface area contributed by atoms with Crippen LogP contribution in [0.4, 0.5) is 5.13 Å². The van der Waals surface area contributed by atoms with Crippen molar-refractivity contribution in [1.82, 2.24) is 4.98 Å². The molecule has 132 valence electrons. The van der Waals surface area contributed by atoms with E-state index in [1.165, 1.54) is 17.4 Å². The van der Waals surface area contributed by atoms with Crippen molar-refractivity contribution in [2.24, 2.45) is 0 Å². The van der Waals surface area contributed by atoms with Crippen LogP contribution in [0.5, 0.6) is 11.5 Å². The zero-order valence-electron chi connectivity index (χ0n) is 14.4. The fourth-order valence-electron chi connectivity index (χ4n) is 2.34. The number of benzene rings is 2. The van der Waals surface area contributed by atoms with Crippen LogP contribution >= 0.6 is 11.3 Å². The van der Waals surface area contributed by atoms with Crippen molar-refractivity contribution in [3.05, 3.63) is 65.6 Å². The van der Waals surface area contributed by atoms with Gasteiger partial charge in [-0.05, 0) is 18.2 Å². The van der Waals surface area contributed by atoms with Gasteiger partial charge in [-0.3, -0.25) is 10.1 Å². The maximum atomic E-state index is 12.2. The van der Waals surface area contributed by atoms with Gasteiger partial charge >= 0.3 is 0 Å². The Bertz CT molecular complexity index is 920. The lowest BCUT2D eigenvalue weighted by Gasteiger charge is -2.07. The molecule has 0 radical (unpaired) electrons. The standard InChI is InChI=1S/C20H18N2O3S/c1-24-16-10-8-15(18(12-16)25-2)9-11-19(23)22-20-21-17(13-26-20)14-6-4-3-5-7-14/h3-13H,1-2H3,(H,21,22,23). The quantitative estimate of drug-likeness (QED) is 0.654. The number of rotatable bonds is 6. The molecule has 0 aliphatic rings. The lowest BCUT2D eigenvalue weighted by molar-refractivity contribution is -0.111. The van der Waals surface area contributed by atoms with E-state index in [1.807, 2.05) is 47.8 Å². The monoisotopic (exact) mass is 366 g/mol. The second kappa shape index (κ2) is 8.31. The number of thiazole rings is 1. The molecule has 26 heavy (non-hydrogen) atoms. The number of ether oxygens (including phenoxy) is 2. The second-order valence-corrected chi connectivity index (χ2v) is 6.19. The van der Waals surface area contributed by atoms with Crippen molar-refractivity contribution in [3.63, 3.8) is 0 Å². The summed E-state index contributed by atoms with van der Waals surface area (Å²) in [6.07, 6.45) is 3.15. The summed E-state index contributed by atoms with van der Waals surface area (Å²) in [5.74, 6) is 1.07. The van der Waals surface area contributed by atoms with Crippen molar-refractivity contribution in [2.75, 3.05) is 19.5 Å². The number of hydrogen-bond donors (Lipinski definition) is 1. The van der Waals surface area contributed by atoms with Gasteiger partial charge < -0.3 is 9.47 Å². The molecule has 1 N–H and O–H groups in total. The third kappa shape index (κ3) is 4.29. The van der Waals surface area contributed by atoms with Crippen LogP contribution < -0.4 is 14.8 Å².